The molecule has 1 aromatic heterocycles. The first-order valence-corrected chi connectivity index (χ1v) is 4.20. The molecule has 16 heavy (non-hydrogen) atoms. The normalized spacial score (nSPS) is 12.6. The van der Waals surface area contributed by atoms with Crippen molar-refractivity contribution < 1.29 is 27.2 Å². The van der Waals surface area contributed by atoms with Gasteiger partial charge in [0.25, 0.3) is 0 Å². The van der Waals surface area contributed by atoms with Crippen LogP contribution in [0.2, 0.25) is 0 Å². The topological polar surface area (TPSA) is 55.1 Å². The summed E-state index contributed by atoms with van der Waals surface area (Å²) in [5.74, 6) is -0.799. The maximum Gasteiger partial charge on any atom is 0.673 e. The molecule has 1 N–H and O–H groups in total. The SMILES string of the molecule is CC(C(=O)O)c1nccn1C.F[B-](F)(F)F. The Morgan fingerprint density at radius 1 is 1.50 bits per heavy atom. The third-order valence-electron chi connectivity index (χ3n) is 1.62. The fraction of sp³-hybridized carbons (Fsp3) is 0.429. The van der Waals surface area contributed by atoms with Crippen LogP contribution in [-0.4, -0.2) is 27.9 Å². The van der Waals surface area contributed by atoms with Gasteiger partial charge in [-0.25, -0.2) is 4.98 Å². The Kier molecular flexibility index (Phi) is 4.99. The maximum absolute atomic E-state index is 10.5. The van der Waals surface area contributed by atoms with Gasteiger partial charge >= 0.3 is 13.2 Å². The highest BCUT2D eigenvalue weighted by Gasteiger charge is 2.20. The van der Waals surface area contributed by atoms with Crippen molar-refractivity contribution in [2.45, 2.75) is 12.8 Å². The monoisotopic (exact) mass is 241 g/mol. The first kappa shape index (κ1) is 14.5. The smallest absolute Gasteiger partial charge is 0.481 e. The molecule has 0 aliphatic carbocycles. The number of carbonyl (C=O) groups is 1. The molecule has 9 heteroatoms. The van der Waals surface area contributed by atoms with Crippen LogP contribution in [0, 0.1) is 0 Å². The molecule has 0 spiro atoms. The molecule has 0 aromatic carbocycles. The molecule has 1 aromatic rings. The lowest BCUT2D eigenvalue weighted by molar-refractivity contribution is -0.138. The van der Waals surface area contributed by atoms with Crippen molar-refractivity contribution in [1.29, 1.82) is 0 Å². The molecule has 1 heterocycles. The van der Waals surface area contributed by atoms with Crippen LogP contribution in [0.15, 0.2) is 12.4 Å². The molecule has 1 rings (SSSR count). The van der Waals surface area contributed by atoms with Gasteiger partial charge in [0.2, 0.25) is 0 Å². The van der Waals surface area contributed by atoms with Gasteiger partial charge in [-0.2, -0.15) is 0 Å². The summed E-state index contributed by atoms with van der Waals surface area (Å²) in [6.07, 6.45) is 3.32. The zero-order valence-electron chi connectivity index (χ0n) is 8.57. The number of nitrogens with zero attached hydrogens (tertiary/aromatic N) is 2. The highest BCUT2D eigenvalue weighted by molar-refractivity contribution is 6.50. The minimum absolute atomic E-state index is 0.532. The lowest BCUT2D eigenvalue weighted by Crippen LogP contribution is -2.12. The second-order valence-electron chi connectivity index (χ2n) is 2.95. The van der Waals surface area contributed by atoms with Crippen LogP contribution in [0.1, 0.15) is 18.7 Å². The molecule has 0 aliphatic rings. The van der Waals surface area contributed by atoms with Crippen LogP contribution >= 0.6 is 0 Å². The predicted molar refractivity (Wildman–Crippen MR) is 49.4 cm³/mol. The Labute approximate surface area is 89.0 Å². The van der Waals surface area contributed by atoms with Gasteiger partial charge in [0.05, 0.1) is 0 Å². The fourth-order valence-corrected chi connectivity index (χ4v) is 0.905. The summed E-state index contributed by atoms with van der Waals surface area (Å²) in [4.78, 5) is 14.4. The van der Waals surface area contributed by atoms with Gasteiger partial charge in [-0.1, -0.05) is 0 Å². The minimum atomic E-state index is -6.00. The average molecular weight is 241 g/mol. The Hall–Kier alpha value is -1.54. The van der Waals surface area contributed by atoms with Crippen LogP contribution in [0.3, 0.4) is 0 Å². The molecular formula is C7H10BF4N2O2-. The largest absolute Gasteiger partial charge is 0.673 e. The number of rotatable bonds is 2. The summed E-state index contributed by atoms with van der Waals surface area (Å²) >= 11 is 0. The zero-order valence-corrected chi connectivity index (χ0v) is 8.57. The Balaban J connectivity index is 0.000000385. The predicted octanol–water partition coefficient (Wildman–Crippen LogP) is 1.91. The number of hydrogen-bond acceptors (Lipinski definition) is 2. The van der Waals surface area contributed by atoms with E-state index in [1.54, 1.807) is 30.9 Å². The molecule has 1 atom stereocenters. The zero-order chi connectivity index (χ0) is 12.9. The van der Waals surface area contributed by atoms with E-state index in [0.29, 0.717) is 5.82 Å². The van der Waals surface area contributed by atoms with Crippen LogP contribution in [0.25, 0.3) is 0 Å². The number of aryl methyl sites for hydroxylation is 1. The number of hydrogen-bond donors (Lipinski definition) is 1. The van der Waals surface area contributed by atoms with E-state index in [2.05, 4.69) is 4.98 Å². The van der Waals surface area contributed by atoms with Gasteiger partial charge in [-0.05, 0) is 6.92 Å². The number of halogens is 4. The van der Waals surface area contributed by atoms with Crippen molar-refractivity contribution in [3.05, 3.63) is 18.2 Å². The average Bonchev–Trinajstić information content (AvgIpc) is 2.46. The van der Waals surface area contributed by atoms with Gasteiger partial charge in [0.15, 0.2) is 0 Å². The Morgan fingerprint density at radius 3 is 2.19 bits per heavy atom. The van der Waals surface area contributed by atoms with E-state index >= 15 is 0 Å². The summed E-state index contributed by atoms with van der Waals surface area (Å²) in [6, 6.07) is 0. The lowest BCUT2D eigenvalue weighted by atomic mass is 10.2. The van der Waals surface area contributed by atoms with Crippen molar-refractivity contribution in [3.63, 3.8) is 0 Å². The number of carboxylic acids is 1. The summed E-state index contributed by atoms with van der Waals surface area (Å²) in [5, 5.41) is 8.62. The third kappa shape index (κ3) is 6.04. The van der Waals surface area contributed by atoms with Gasteiger partial charge < -0.3 is 26.9 Å². The molecule has 92 valence electrons. The quantitative estimate of drug-likeness (QED) is 0.635. The fourth-order valence-electron chi connectivity index (χ4n) is 0.905. The third-order valence-corrected chi connectivity index (χ3v) is 1.62. The Morgan fingerprint density at radius 2 is 1.94 bits per heavy atom. The van der Waals surface area contributed by atoms with E-state index < -0.39 is 19.1 Å². The van der Waals surface area contributed by atoms with Gasteiger partial charge in [0.1, 0.15) is 11.7 Å². The van der Waals surface area contributed by atoms with Crippen LogP contribution in [0.5, 0.6) is 0 Å². The second-order valence-corrected chi connectivity index (χ2v) is 2.95. The van der Waals surface area contributed by atoms with E-state index in [1.807, 2.05) is 0 Å². The summed E-state index contributed by atoms with van der Waals surface area (Å²) in [6.45, 7) is 1.62. The molecule has 0 fully saturated rings. The van der Waals surface area contributed by atoms with E-state index in [1.165, 1.54) is 0 Å². The van der Waals surface area contributed by atoms with Crippen LogP contribution in [0.4, 0.5) is 17.3 Å². The van der Waals surface area contributed by atoms with E-state index in [9.17, 15) is 22.1 Å². The van der Waals surface area contributed by atoms with Crippen molar-refractivity contribution >= 4 is 13.2 Å². The minimum Gasteiger partial charge on any atom is -0.481 e. The lowest BCUT2D eigenvalue weighted by Gasteiger charge is -2.04. The molecule has 0 radical (unpaired) electrons. The van der Waals surface area contributed by atoms with Crippen molar-refractivity contribution in [1.82, 2.24) is 9.55 Å². The standard InChI is InChI=1S/C7H10N2O2.BF4/c1-5(7(10)11)6-8-3-4-9(6)2;2-1(3,4)5/h3-5H,1-2H3,(H,10,11);/q;-1. The first-order valence-electron chi connectivity index (χ1n) is 4.20. The van der Waals surface area contributed by atoms with E-state index in [-0.39, 0.29) is 0 Å². The van der Waals surface area contributed by atoms with Gasteiger partial charge in [0, 0.05) is 19.4 Å². The summed E-state index contributed by atoms with van der Waals surface area (Å²) < 4.78 is 40.7. The van der Waals surface area contributed by atoms with E-state index in [0.717, 1.165) is 0 Å². The molecule has 0 amide bonds. The number of aliphatic carboxylic acids is 1. The number of imidazole rings is 1. The van der Waals surface area contributed by atoms with Crippen molar-refractivity contribution in [2.24, 2.45) is 7.05 Å². The molecule has 0 saturated carbocycles. The molecule has 0 saturated heterocycles. The second kappa shape index (κ2) is 5.52. The Bertz CT molecular complexity index is 346. The molecule has 0 bridgehead atoms. The highest BCUT2D eigenvalue weighted by Crippen LogP contribution is 2.11. The maximum atomic E-state index is 10.5. The molecule has 1 unspecified atom stereocenters. The molecule has 0 aliphatic heterocycles. The molecule has 4 nitrogen and oxygen atoms in total. The number of carboxylic acid groups (broad SMARTS) is 1. The van der Waals surface area contributed by atoms with Gasteiger partial charge in [-0.15, -0.1) is 0 Å². The molecular weight excluding hydrogens is 231 g/mol. The van der Waals surface area contributed by atoms with Crippen LogP contribution < -0.4 is 0 Å². The van der Waals surface area contributed by atoms with Crippen molar-refractivity contribution in [2.75, 3.05) is 0 Å². The van der Waals surface area contributed by atoms with Crippen molar-refractivity contribution in [3.8, 4) is 0 Å². The summed E-state index contributed by atoms with van der Waals surface area (Å²) in [7, 11) is -4.22. The first-order chi connectivity index (χ1) is 7.13. The highest BCUT2D eigenvalue weighted by atomic mass is 19.5. The van der Waals surface area contributed by atoms with E-state index in [4.69, 9.17) is 5.11 Å². The number of aromatic nitrogens is 2. The summed E-state index contributed by atoms with van der Waals surface area (Å²) in [5.41, 5.74) is 0. The van der Waals surface area contributed by atoms with Crippen LogP contribution in [-0.2, 0) is 11.8 Å². The van der Waals surface area contributed by atoms with Gasteiger partial charge in [-0.3, -0.25) is 4.79 Å².